The van der Waals surface area contributed by atoms with Gasteiger partial charge in [-0.15, -0.1) is 0 Å². The molecule has 0 radical (unpaired) electrons. The summed E-state index contributed by atoms with van der Waals surface area (Å²) in [6, 6.07) is 4.03. The highest BCUT2D eigenvalue weighted by Gasteiger charge is 2.14. The van der Waals surface area contributed by atoms with Crippen LogP contribution in [0.3, 0.4) is 0 Å². The molecular formula is C12H8Cl2FIN2O. The largest absolute Gasteiger partial charge is 0.378 e. The molecule has 0 amide bonds. The maximum atomic E-state index is 13.0. The summed E-state index contributed by atoms with van der Waals surface area (Å²) in [6.45, 7) is 0.312. The van der Waals surface area contributed by atoms with Crippen LogP contribution in [0.2, 0.25) is 10.2 Å². The highest BCUT2D eigenvalue weighted by Crippen LogP contribution is 2.29. The molecular weight excluding hydrogens is 405 g/mol. The lowest BCUT2D eigenvalue weighted by atomic mass is 10.2. The lowest BCUT2D eigenvalue weighted by Crippen LogP contribution is -2.02. The Bertz CT molecular complexity index is 625. The van der Waals surface area contributed by atoms with E-state index >= 15 is 0 Å². The van der Waals surface area contributed by atoms with E-state index in [2.05, 4.69) is 9.97 Å². The number of halogens is 4. The van der Waals surface area contributed by atoms with Crippen molar-refractivity contribution in [2.24, 2.45) is 0 Å². The number of nitrogens with zero attached hydrogens (tertiary/aromatic N) is 2. The predicted octanol–water partition coefficient (Wildman–Crippen LogP) is 4.34. The first-order chi connectivity index (χ1) is 9.02. The van der Waals surface area contributed by atoms with E-state index in [0.29, 0.717) is 28.8 Å². The molecule has 0 aliphatic carbocycles. The summed E-state index contributed by atoms with van der Waals surface area (Å²) >= 11 is 14.1. The van der Waals surface area contributed by atoms with Crippen LogP contribution in [0.25, 0.3) is 11.4 Å². The highest BCUT2D eigenvalue weighted by molar-refractivity contribution is 14.1. The molecule has 0 N–H and O–H groups in total. The molecule has 0 atom stereocenters. The number of aromatic nitrogens is 2. The van der Waals surface area contributed by atoms with Gasteiger partial charge >= 0.3 is 0 Å². The number of hydrogen-bond acceptors (Lipinski definition) is 3. The third-order valence-corrected chi connectivity index (χ3v) is 4.37. The summed E-state index contributed by atoms with van der Waals surface area (Å²) < 4.78 is 18.8. The summed E-state index contributed by atoms with van der Waals surface area (Å²) in [5, 5.41) is 0.554. The maximum absolute atomic E-state index is 13.0. The van der Waals surface area contributed by atoms with Gasteiger partial charge in [0, 0.05) is 12.7 Å². The first kappa shape index (κ1) is 14.9. The molecule has 0 aliphatic rings. The average molecular weight is 413 g/mol. The number of benzene rings is 1. The van der Waals surface area contributed by atoms with Crippen molar-refractivity contribution in [2.45, 2.75) is 6.61 Å². The molecule has 1 heterocycles. The molecule has 2 aromatic rings. The second-order valence-corrected chi connectivity index (χ2v) is 5.50. The zero-order valence-electron chi connectivity index (χ0n) is 9.75. The Labute approximate surface area is 133 Å². The summed E-state index contributed by atoms with van der Waals surface area (Å²) in [5.41, 5.74) is 1.19. The van der Waals surface area contributed by atoms with Gasteiger partial charge in [-0.2, -0.15) is 0 Å². The molecule has 3 nitrogen and oxygen atoms in total. The van der Waals surface area contributed by atoms with Crippen LogP contribution in [-0.4, -0.2) is 17.1 Å². The first-order valence-corrected chi connectivity index (χ1v) is 7.02. The fourth-order valence-electron chi connectivity index (χ4n) is 1.49. The molecule has 0 aliphatic heterocycles. The molecule has 0 saturated carbocycles. The van der Waals surface area contributed by atoms with E-state index in [4.69, 9.17) is 27.9 Å². The zero-order chi connectivity index (χ0) is 14.0. The van der Waals surface area contributed by atoms with Gasteiger partial charge in [-0.25, -0.2) is 14.4 Å². The minimum atomic E-state index is -0.414. The molecule has 7 heteroatoms. The SMILES string of the molecule is COCc1nc(-c2ccc(F)cc2Cl)nc(Cl)c1I. The maximum Gasteiger partial charge on any atom is 0.162 e. The van der Waals surface area contributed by atoms with Crippen molar-refractivity contribution in [3.63, 3.8) is 0 Å². The van der Waals surface area contributed by atoms with E-state index in [-0.39, 0.29) is 5.02 Å². The van der Waals surface area contributed by atoms with Crippen molar-refractivity contribution in [3.8, 4) is 11.4 Å². The molecule has 0 bridgehead atoms. The van der Waals surface area contributed by atoms with Gasteiger partial charge in [0.2, 0.25) is 0 Å². The van der Waals surface area contributed by atoms with Crippen molar-refractivity contribution >= 4 is 45.8 Å². The Morgan fingerprint density at radius 3 is 2.68 bits per heavy atom. The van der Waals surface area contributed by atoms with E-state index < -0.39 is 5.82 Å². The van der Waals surface area contributed by atoms with Crippen LogP contribution in [0.4, 0.5) is 4.39 Å². The van der Waals surface area contributed by atoms with E-state index in [0.717, 1.165) is 3.57 Å². The molecule has 100 valence electrons. The normalized spacial score (nSPS) is 10.8. The number of methoxy groups -OCH3 is 1. The fourth-order valence-corrected chi connectivity index (χ4v) is 2.32. The van der Waals surface area contributed by atoms with Crippen LogP contribution in [0.15, 0.2) is 18.2 Å². The number of hydrogen-bond donors (Lipinski definition) is 0. The molecule has 1 aromatic carbocycles. The lowest BCUT2D eigenvalue weighted by Gasteiger charge is -2.08. The van der Waals surface area contributed by atoms with Gasteiger partial charge in [0.05, 0.1) is 20.9 Å². The summed E-state index contributed by atoms with van der Waals surface area (Å²) in [4.78, 5) is 8.51. The average Bonchev–Trinajstić information content (AvgIpc) is 2.35. The molecule has 0 fully saturated rings. The molecule has 1 aromatic heterocycles. The Morgan fingerprint density at radius 1 is 1.32 bits per heavy atom. The lowest BCUT2D eigenvalue weighted by molar-refractivity contribution is 0.181. The summed E-state index contributed by atoms with van der Waals surface area (Å²) in [6.07, 6.45) is 0. The first-order valence-electron chi connectivity index (χ1n) is 5.19. The topological polar surface area (TPSA) is 35.0 Å². The minimum Gasteiger partial charge on any atom is -0.378 e. The van der Waals surface area contributed by atoms with Gasteiger partial charge in [-0.05, 0) is 40.8 Å². The third kappa shape index (κ3) is 3.34. The highest BCUT2D eigenvalue weighted by atomic mass is 127. The Hall–Kier alpha value is -0.500. The van der Waals surface area contributed by atoms with Gasteiger partial charge < -0.3 is 4.74 Å². The van der Waals surface area contributed by atoms with Crippen molar-refractivity contribution < 1.29 is 9.13 Å². The van der Waals surface area contributed by atoms with Crippen LogP contribution in [-0.2, 0) is 11.3 Å². The van der Waals surface area contributed by atoms with E-state index in [1.807, 2.05) is 22.6 Å². The van der Waals surface area contributed by atoms with Crippen LogP contribution in [0, 0.1) is 9.39 Å². The summed E-state index contributed by atoms with van der Waals surface area (Å²) in [7, 11) is 1.57. The molecule has 0 spiro atoms. The van der Waals surface area contributed by atoms with Crippen LogP contribution >= 0.6 is 45.8 Å². The summed E-state index contributed by atoms with van der Waals surface area (Å²) in [5.74, 6) is -0.0649. The van der Waals surface area contributed by atoms with Crippen LogP contribution in [0.5, 0.6) is 0 Å². The Balaban J connectivity index is 2.56. The minimum absolute atomic E-state index is 0.237. The Kier molecular flexibility index (Phi) is 4.94. The molecule has 0 unspecified atom stereocenters. The number of ether oxygens (including phenoxy) is 1. The van der Waals surface area contributed by atoms with Crippen LogP contribution in [0.1, 0.15) is 5.69 Å². The van der Waals surface area contributed by atoms with Gasteiger partial charge in [0.1, 0.15) is 11.0 Å². The second kappa shape index (κ2) is 6.30. The van der Waals surface area contributed by atoms with Crippen molar-refractivity contribution in [3.05, 3.63) is 43.5 Å². The van der Waals surface area contributed by atoms with Gasteiger partial charge in [0.25, 0.3) is 0 Å². The smallest absolute Gasteiger partial charge is 0.162 e. The fraction of sp³-hybridized carbons (Fsp3) is 0.167. The van der Waals surface area contributed by atoms with Gasteiger partial charge in [-0.1, -0.05) is 23.2 Å². The number of rotatable bonds is 3. The third-order valence-electron chi connectivity index (χ3n) is 2.33. The van der Waals surface area contributed by atoms with Gasteiger partial charge in [0.15, 0.2) is 5.82 Å². The quantitative estimate of drug-likeness (QED) is 0.555. The standard InChI is InChI=1S/C12H8Cl2FIN2O/c1-19-5-9-10(16)11(14)18-12(17-9)7-3-2-6(15)4-8(7)13/h2-4H,5H2,1H3. The predicted molar refractivity (Wildman–Crippen MR) is 80.9 cm³/mol. The van der Waals surface area contributed by atoms with Crippen LogP contribution < -0.4 is 0 Å². The van der Waals surface area contributed by atoms with E-state index in [1.54, 1.807) is 7.11 Å². The van der Waals surface area contributed by atoms with Crippen molar-refractivity contribution in [1.29, 1.82) is 0 Å². The van der Waals surface area contributed by atoms with E-state index in [9.17, 15) is 4.39 Å². The molecule has 2 rings (SSSR count). The second-order valence-electron chi connectivity index (χ2n) is 3.66. The molecule has 19 heavy (non-hydrogen) atoms. The Morgan fingerprint density at radius 2 is 2.05 bits per heavy atom. The van der Waals surface area contributed by atoms with Gasteiger partial charge in [-0.3, -0.25) is 0 Å². The van der Waals surface area contributed by atoms with E-state index in [1.165, 1.54) is 18.2 Å². The zero-order valence-corrected chi connectivity index (χ0v) is 13.4. The van der Waals surface area contributed by atoms with Crippen molar-refractivity contribution in [2.75, 3.05) is 7.11 Å². The molecule has 0 saturated heterocycles. The monoisotopic (exact) mass is 412 g/mol. The van der Waals surface area contributed by atoms with Crippen molar-refractivity contribution in [1.82, 2.24) is 9.97 Å².